The molecule has 0 N–H and O–H groups in total. The molecule has 3 saturated heterocycles. The lowest BCUT2D eigenvalue weighted by Gasteiger charge is -2.34. The van der Waals surface area contributed by atoms with E-state index in [1.54, 1.807) is 24.4 Å². The highest BCUT2D eigenvalue weighted by molar-refractivity contribution is 6.32. The van der Waals surface area contributed by atoms with Gasteiger partial charge in [-0.25, -0.2) is 8.78 Å². The Kier molecular flexibility index (Phi) is 9.93. The molecule has 49 heavy (non-hydrogen) atoms. The molecule has 4 aromatic rings. The Morgan fingerprint density at radius 2 is 2.06 bits per heavy atom. The summed E-state index contributed by atoms with van der Waals surface area (Å²) in [6.07, 6.45) is 9.71. The average Bonchev–Trinajstić information content (AvgIpc) is 3.82. The molecule has 0 saturated carbocycles. The third-order valence-electron chi connectivity index (χ3n) is 9.94. The van der Waals surface area contributed by atoms with Gasteiger partial charge in [0.2, 0.25) is 6.39 Å². The quantitative estimate of drug-likeness (QED) is 0.115. The number of aromatic nitrogens is 5. The van der Waals surface area contributed by atoms with Crippen LogP contribution in [0.5, 0.6) is 11.8 Å². The summed E-state index contributed by atoms with van der Waals surface area (Å²) in [5, 5.41) is 4.88. The zero-order valence-electron chi connectivity index (χ0n) is 27.5. The molecule has 3 aliphatic rings. The lowest BCUT2D eigenvalue weighted by atomic mass is 9.94. The van der Waals surface area contributed by atoms with Gasteiger partial charge in [0.25, 0.3) is 0 Å². The van der Waals surface area contributed by atoms with Gasteiger partial charge in [0.05, 0.1) is 10.9 Å². The van der Waals surface area contributed by atoms with Crippen LogP contribution in [-0.4, -0.2) is 88.4 Å². The highest BCUT2D eigenvalue weighted by Gasteiger charge is 2.49. The van der Waals surface area contributed by atoms with Gasteiger partial charge in [-0.15, -0.1) is 6.58 Å². The van der Waals surface area contributed by atoms with Crippen molar-refractivity contribution in [3.8, 4) is 23.0 Å². The molecule has 11 nitrogen and oxygen atoms in total. The van der Waals surface area contributed by atoms with Crippen LogP contribution >= 0.6 is 11.6 Å². The van der Waals surface area contributed by atoms with Crippen molar-refractivity contribution < 1.29 is 27.5 Å². The molecule has 0 radical (unpaired) electrons. The monoisotopic (exact) mass is 695 g/mol. The Morgan fingerprint density at radius 3 is 2.88 bits per heavy atom. The fraction of sp³-hybridized carbons (Fsp3) is 0.514. The number of fused-ring (bicyclic) bond motifs is 2. The number of nitrogens with zero attached hydrogens (tertiary/aromatic N) is 7. The van der Waals surface area contributed by atoms with Crippen LogP contribution in [0.3, 0.4) is 0 Å². The van der Waals surface area contributed by atoms with Crippen LogP contribution in [0.2, 0.25) is 5.02 Å². The predicted molar refractivity (Wildman–Crippen MR) is 180 cm³/mol. The number of methoxy groups -OCH3 is 1. The van der Waals surface area contributed by atoms with Gasteiger partial charge >= 0.3 is 6.01 Å². The summed E-state index contributed by atoms with van der Waals surface area (Å²) < 4.78 is 53.6. The van der Waals surface area contributed by atoms with Crippen molar-refractivity contribution in [1.29, 1.82) is 0 Å². The minimum absolute atomic E-state index is 0.00168. The molecule has 3 fully saturated rings. The molecule has 1 unspecified atom stereocenters. The second-order valence-corrected chi connectivity index (χ2v) is 13.6. The van der Waals surface area contributed by atoms with E-state index in [-0.39, 0.29) is 36.5 Å². The molecule has 0 amide bonds. The van der Waals surface area contributed by atoms with Gasteiger partial charge in [-0.05, 0) is 68.7 Å². The standard InChI is InChI=1S/C35H40ClF2N7O4/c1-3-4-8-25-26(13-24(14-28(25)36)48-21-46-2)31-30(38)32-27(16-39-31)33(44-10-5-7-22(17-44)12-29-40-20-49-43-29)42-34(41-32)47-19-35-9-6-11-45(35)18-23(37)15-35/h3,13-14,16,20,22-23H,1,4-12,15,17-19,21H2,2H3/t22?,23-,35+/m1/s1. The van der Waals surface area contributed by atoms with Crippen molar-refractivity contribution >= 4 is 28.3 Å². The zero-order valence-corrected chi connectivity index (χ0v) is 28.3. The largest absolute Gasteiger partial charge is 0.467 e. The van der Waals surface area contributed by atoms with Gasteiger partial charge < -0.3 is 23.6 Å². The van der Waals surface area contributed by atoms with E-state index < -0.39 is 17.5 Å². The maximum atomic E-state index is 17.0. The number of allylic oxidation sites excluding steroid dienone is 1. The Bertz CT molecular complexity index is 1800. The molecule has 260 valence electrons. The molecular weight excluding hydrogens is 656 g/mol. The third kappa shape index (κ3) is 6.93. The number of pyridine rings is 1. The number of alkyl halides is 1. The van der Waals surface area contributed by atoms with Crippen molar-refractivity contribution in [3.63, 3.8) is 0 Å². The average molecular weight is 696 g/mol. The van der Waals surface area contributed by atoms with Gasteiger partial charge in [-0.2, -0.15) is 15.0 Å². The first-order valence-corrected chi connectivity index (χ1v) is 17.2. The number of anilines is 1. The molecular formula is C35H40ClF2N7O4. The lowest BCUT2D eigenvalue weighted by Crippen LogP contribution is -2.43. The van der Waals surface area contributed by atoms with Crippen LogP contribution in [0.15, 0.2) is 41.9 Å². The minimum atomic E-state index is -0.904. The van der Waals surface area contributed by atoms with Gasteiger partial charge in [-0.3, -0.25) is 9.88 Å². The Morgan fingerprint density at radius 1 is 1.16 bits per heavy atom. The normalized spacial score (nSPS) is 22.5. The molecule has 0 aliphatic carbocycles. The summed E-state index contributed by atoms with van der Waals surface area (Å²) in [5.41, 5.74) is 0.943. The van der Waals surface area contributed by atoms with E-state index in [9.17, 15) is 4.39 Å². The van der Waals surface area contributed by atoms with Crippen LogP contribution in [0.1, 0.15) is 49.9 Å². The van der Waals surface area contributed by atoms with E-state index in [2.05, 4.69) is 36.5 Å². The molecule has 7 rings (SSSR count). The smallest absolute Gasteiger partial charge is 0.319 e. The SMILES string of the molecule is C=CCCc1c(Cl)cc(OCOC)cc1-c1ncc2c(N3CCCC(Cc4ncon4)C3)nc(OC[C@@]34CCCN3C[C@H](F)C4)nc2c1F. The van der Waals surface area contributed by atoms with E-state index >= 15 is 4.39 Å². The number of hydrogen-bond acceptors (Lipinski definition) is 11. The summed E-state index contributed by atoms with van der Waals surface area (Å²) in [5.74, 6) is 1.20. The second kappa shape index (κ2) is 14.5. The molecule has 0 spiro atoms. The summed E-state index contributed by atoms with van der Waals surface area (Å²) in [6.45, 7) is 6.64. The molecule has 0 bridgehead atoms. The van der Waals surface area contributed by atoms with Crippen LogP contribution in [0.4, 0.5) is 14.6 Å². The topological polar surface area (TPSA) is 112 Å². The molecule has 3 atom stereocenters. The fourth-order valence-corrected chi connectivity index (χ4v) is 7.96. The van der Waals surface area contributed by atoms with Crippen molar-refractivity contribution in [2.45, 2.75) is 63.1 Å². The Labute approximate surface area is 288 Å². The number of hydrogen-bond donors (Lipinski definition) is 0. The molecule has 1 aromatic carbocycles. The first-order valence-electron chi connectivity index (χ1n) is 16.8. The minimum Gasteiger partial charge on any atom is -0.467 e. The van der Waals surface area contributed by atoms with Crippen LogP contribution in [0.25, 0.3) is 22.2 Å². The highest BCUT2D eigenvalue weighted by atomic mass is 35.5. The highest BCUT2D eigenvalue weighted by Crippen LogP contribution is 2.42. The lowest BCUT2D eigenvalue weighted by molar-refractivity contribution is 0.0511. The van der Waals surface area contributed by atoms with Crippen molar-refractivity contribution in [1.82, 2.24) is 30.0 Å². The molecule has 3 aromatic heterocycles. The van der Waals surface area contributed by atoms with Crippen LogP contribution < -0.4 is 14.4 Å². The maximum absolute atomic E-state index is 17.0. The summed E-state index contributed by atoms with van der Waals surface area (Å²) in [4.78, 5) is 22.7. The number of ether oxygens (including phenoxy) is 3. The number of halogens is 3. The first-order chi connectivity index (χ1) is 23.9. The van der Waals surface area contributed by atoms with Crippen LogP contribution in [-0.2, 0) is 17.6 Å². The van der Waals surface area contributed by atoms with Crippen molar-refractivity contribution in [2.75, 3.05) is 51.6 Å². The summed E-state index contributed by atoms with van der Waals surface area (Å²) in [6, 6.07) is 3.45. The fourth-order valence-electron chi connectivity index (χ4n) is 7.66. The van der Waals surface area contributed by atoms with E-state index in [1.165, 1.54) is 13.5 Å². The number of piperidine rings is 1. The van der Waals surface area contributed by atoms with E-state index in [0.717, 1.165) is 32.2 Å². The second-order valence-electron chi connectivity index (χ2n) is 13.2. The number of rotatable bonds is 13. The molecule has 6 heterocycles. The summed E-state index contributed by atoms with van der Waals surface area (Å²) >= 11 is 6.74. The predicted octanol–water partition coefficient (Wildman–Crippen LogP) is 6.38. The van der Waals surface area contributed by atoms with Crippen molar-refractivity contribution in [2.24, 2.45) is 5.92 Å². The van der Waals surface area contributed by atoms with Crippen molar-refractivity contribution in [3.05, 3.63) is 59.6 Å². The number of benzene rings is 1. The van der Waals surface area contributed by atoms with Crippen LogP contribution in [0, 0.1) is 11.7 Å². The van der Waals surface area contributed by atoms with E-state index in [0.29, 0.717) is 84.2 Å². The zero-order chi connectivity index (χ0) is 34.0. The Balaban J connectivity index is 1.30. The van der Waals surface area contributed by atoms with E-state index in [1.807, 2.05) is 0 Å². The Hall–Kier alpha value is -3.94. The van der Waals surface area contributed by atoms with Gasteiger partial charge in [0, 0.05) is 56.4 Å². The van der Waals surface area contributed by atoms with E-state index in [4.69, 9.17) is 35.3 Å². The third-order valence-corrected chi connectivity index (χ3v) is 10.3. The van der Waals surface area contributed by atoms with Gasteiger partial charge in [0.1, 0.15) is 35.6 Å². The van der Waals surface area contributed by atoms with Gasteiger partial charge in [0.15, 0.2) is 18.4 Å². The van der Waals surface area contributed by atoms with Gasteiger partial charge in [-0.1, -0.05) is 22.8 Å². The first kappa shape index (κ1) is 33.6. The molecule has 14 heteroatoms. The summed E-state index contributed by atoms with van der Waals surface area (Å²) in [7, 11) is 1.52. The molecule has 3 aliphatic heterocycles. The maximum Gasteiger partial charge on any atom is 0.319 e.